The van der Waals surface area contributed by atoms with Crippen molar-refractivity contribution in [2.45, 2.75) is 38.7 Å². The molecule has 0 saturated carbocycles. The van der Waals surface area contributed by atoms with E-state index in [0.29, 0.717) is 37.8 Å². The second-order valence-electron chi connectivity index (χ2n) is 6.95. The minimum absolute atomic E-state index is 0.345. The number of nitrogens with one attached hydrogen (secondary N) is 1. The molecule has 6 nitrogen and oxygen atoms in total. The first kappa shape index (κ1) is 17.4. The van der Waals surface area contributed by atoms with Crippen LogP contribution in [0.15, 0.2) is 18.2 Å². The van der Waals surface area contributed by atoms with Crippen LogP contribution in [0.2, 0.25) is 0 Å². The maximum Gasteiger partial charge on any atom is 0.407 e. The van der Waals surface area contributed by atoms with Crippen LogP contribution in [0, 0.1) is 0 Å². The average Bonchev–Trinajstić information content (AvgIpc) is 2.50. The van der Waals surface area contributed by atoms with Crippen molar-refractivity contribution in [1.29, 1.82) is 0 Å². The summed E-state index contributed by atoms with van der Waals surface area (Å²) in [5.41, 5.74) is 5.90. The fourth-order valence-corrected chi connectivity index (χ4v) is 2.41. The van der Waals surface area contributed by atoms with Gasteiger partial charge >= 0.3 is 6.09 Å². The quantitative estimate of drug-likeness (QED) is 0.888. The van der Waals surface area contributed by atoms with Gasteiger partial charge in [0.25, 0.3) is 0 Å². The summed E-state index contributed by atoms with van der Waals surface area (Å²) >= 11 is 0. The number of para-hydroxylation sites is 1. The number of carbonyl (C=O) groups is 1. The Morgan fingerprint density at radius 2 is 1.96 bits per heavy atom. The van der Waals surface area contributed by atoms with Crippen LogP contribution in [0.1, 0.15) is 33.3 Å². The highest BCUT2D eigenvalue weighted by Crippen LogP contribution is 2.39. The summed E-state index contributed by atoms with van der Waals surface area (Å²) in [7, 11) is 0. The number of carbonyl (C=O) groups excluding carboxylic acids is 1. The number of amides is 1. The Morgan fingerprint density at radius 3 is 2.61 bits per heavy atom. The third-order valence-electron chi connectivity index (χ3n) is 3.69. The van der Waals surface area contributed by atoms with E-state index in [9.17, 15) is 4.79 Å². The highest BCUT2D eigenvalue weighted by molar-refractivity contribution is 5.68. The third-order valence-corrected chi connectivity index (χ3v) is 3.69. The van der Waals surface area contributed by atoms with Crippen LogP contribution in [-0.2, 0) is 10.2 Å². The number of hydrogen-bond donors (Lipinski definition) is 2. The molecular formula is C17H26N2O4. The van der Waals surface area contributed by atoms with Gasteiger partial charge in [-0.2, -0.15) is 0 Å². The smallest absolute Gasteiger partial charge is 0.407 e. The normalized spacial score (nSPS) is 16.4. The zero-order chi connectivity index (χ0) is 17.1. The van der Waals surface area contributed by atoms with E-state index in [4.69, 9.17) is 19.9 Å². The molecule has 0 aromatic heterocycles. The lowest BCUT2D eigenvalue weighted by Gasteiger charge is -2.33. The fraction of sp³-hybridized carbons (Fsp3) is 0.588. The minimum Gasteiger partial charge on any atom is -0.486 e. The summed E-state index contributed by atoms with van der Waals surface area (Å²) in [4.78, 5) is 11.9. The van der Waals surface area contributed by atoms with Gasteiger partial charge in [0.1, 0.15) is 18.8 Å². The van der Waals surface area contributed by atoms with Crippen molar-refractivity contribution >= 4 is 6.09 Å². The highest BCUT2D eigenvalue weighted by Gasteiger charge is 2.32. The number of alkyl carbamates (subject to hydrolysis) is 1. The largest absolute Gasteiger partial charge is 0.486 e. The molecule has 6 heteroatoms. The van der Waals surface area contributed by atoms with Gasteiger partial charge in [-0.1, -0.05) is 19.1 Å². The summed E-state index contributed by atoms with van der Waals surface area (Å²) in [6.07, 6.45) is -0.459. The van der Waals surface area contributed by atoms with Crippen molar-refractivity contribution < 1.29 is 19.0 Å². The van der Waals surface area contributed by atoms with Gasteiger partial charge in [0.05, 0.1) is 0 Å². The molecular weight excluding hydrogens is 296 g/mol. The fourth-order valence-electron chi connectivity index (χ4n) is 2.41. The monoisotopic (exact) mass is 322 g/mol. The first-order valence-electron chi connectivity index (χ1n) is 7.81. The second kappa shape index (κ2) is 6.66. The number of benzene rings is 1. The standard InChI is InChI=1S/C17H26N2O4/c1-16(2,3)23-15(20)19-11-17(4,10-18)12-6-5-7-13-14(12)22-9-8-21-13/h5-7H,8-11,18H2,1-4H3,(H,19,20). The summed E-state index contributed by atoms with van der Waals surface area (Å²) in [6, 6.07) is 5.73. The van der Waals surface area contributed by atoms with E-state index in [0.717, 1.165) is 5.56 Å². The molecule has 0 aliphatic carbocycles. The third kappa shape index (κ3) is 4.28. The van der Waals surface area contributed by atoms with Gasteiger partial charge in [0, 0.05) is 24.1 Å². The van der Waals surface area contributed by atoms with Gasteiger partial charge < -0.3 is 25.3 Å². The second-order valence-corrected chi connectivity index (χ2v) is 6.95. The van der Waals surface area contributed by atoms with Crippen molar-refractivity contribution in [2.24, 2.45) is 5.73 Å². The summed E-state index contributed by atoms with van der Waals surface area (Å²) in [6.45, 7) is 9.20. The van der Waals surface area contributed by atoms with E-state index in [1.165, 1.54) is 0 Å². The molecule has 3 N–H and O–H groups in total. The Bertz CT molecular complexity index is 568. The molecule has 1 amide bonds. The lowest BCUT2D eigenvalue weighted by molar-refractivity contribution is 0.0516. The lowest BCUT2D eigenvalue weighted by atomic mass is 9.81. The Morgan fingerprint density at radius 1 is 1.26 bits per heavy atom. The molecule has 1 aliphatic rings. The molecule has 23 heavy (non-hydrogen) atoms. The van der Waals surface area contributed by atoms with Crippen LogP contribution in [0.25, 0.3) is 0 Å². The molecule has 0 fully saturated rings. The lowest BCUT2D eigenvalue weighted by Crippen LogP contribution is -2.45. The summed E-state index contributed by atoms with van der Waals surface area (Å²) < 4.78 is 16.7. The Kier molecular flexibility index (Phi) is 5.04. The van der Waals surface area contributed by atoms with E-state index >= 15 is 0 Å². The van der Waals surface area contributed by atoms with Crippen molar-refractivity contribution in [3.05, 3.63) is 23.8 Å². The van der Waals surface area contributed by atoms with Gasteiger partial charge in [-0.05, 0) is 26.8 Å². The van der Waals surface area contributed by atoms with Gasteiger partial charge in [-0.3, -0.25) is 0 Å². The number of fused-ring (bicyclic) bond motifs is 1. The molecule has 1 aliphatic heterocycles. The van der Waals surface area contributed by atoms with E-state index in [1.807, 2.05) is 45.9 Å². The van der Waals surface area contributed by atoms with Gasteiger partial charge in [-0.25, -0.2) is 4.79 Å². The molecule has 128 valence electrons. The molecule has 1 aromatic carbocycles. The summed E-state index contributed by atoms with van der Waals surface area (Å²) in [5, 5.41) is 2.80. The van der Waals surface area contributed by atoms with E-state index in [1.54, 1.807) is 0 Å². The van der Waals surface area contributed by atoms with Crippen molar-refractivity contribution in [1.82, 2.24) is 5.32 Å². The van der Waals surface area contributed by atoms with Crippen molar-refractivity contribution in [2.75, 3.05) is 26.3 Å². The van der Waals surface area contributed by atoms with E-state index in [2.05, 4.69) is 5.32 Å². The van der Waals surface area contributed by atoms with Crippen LogP contribution in [0.5, 0.6) is 11.5 Å². The highest BCUT2D eigenvalue weighted by atomic mass is 16.6. The van der Waals surface area contributed by atoms with Crippen LogP contribution in [0.3, 0.4) is 0 Å². The SMILES string of the molecule is CC(C)(C)OC(=O)NCC(C)(CN)c1cccc2c1OCCO2. The molecule has 1 heterocycles. The Hall–Kier alpha value is -1.95. The van der Waals surface area contributed by atoms with Crippen LogP contribution in [-0.4, -0.2) is 38.0 Å². The molecule has 2 rings (SSSR count). The zero-order valence-corrected chi connectivity index (χ0v) is 14.3. The average molecular weight is 322 g/mol. The first-order chi connectivity index (χ1) is 10.7. The van der Waals surface area contributed by atoms with Gasteiger partial charge in [0.2, 0.25) is 0 Å². The van der Waals surface area contributed by atoms with Crippen molar-refractivity contribution in [3.63, 3.8) is 0 Å². The predicted molar refractivity (Wildman–Crippen MR) is 88.1 cm³/mol. The molecule has 0 saturated heterocycles. The molecule has 0 radical (unpaired) electrons. The predicted octanol–water partition coefficient (Wildman–Crippen LogP) is 2.20. The van der Waals surface area contributed by atoms with Crippen molar-refractivity contribution in [3.8, 4) is 11.5 Å². The van der Waals surface area contributed by atoms with Gasteiger partial charge in [-0.15, -0.1) is 0 Å². The Labute approximate surface area is 137 Å². The Balaban J connectivity index is 2.16. The van der Waals surface area contributed by atoms with Crippen LogP contribution >= 0.6 is 0 Å². The molecule has 0 bridgehead atoms. The minimum atomic E-state index is -0.536. The van der Waals surface area contributed by atoms with E-state index in [-0.39, 0.29) is 0 Å². The zero-order valence-electron chi connectivity index (χ0n) is 14.3. The number of hydrogen-bond acceptors (Lipinski definition) is 5. The molecule has 0 spiro atoms. The van der Waals surface area contributed by atoms with Crippen LogP contribution < -0.4 is 20.5 Å². The topological polar surface area (TPSA) is 82.8 Å². The molecule has 1 unspecified atom stereocenters. The number of rotatable bonds is 4. The number of nitrogens with two attached hydrogens (primary N) is 1. The molecule has 1 aromatic rings. The maximum atomic E-state index is 11.9. The van der Waals surface area contributed by atoms with E-state index < -0.39 is 17.1 Å². The maximum absolute atomic E-state index is 11.9. The molecule has 1 atom stereocenters. The number of ether oxygens (including phenoxy) is 3. The van der Waals surface area contributed by atoms with Gasteiger partial charge in [0.15, 0.2) is 11.5 Å². The first-order valence-corrected chi connectivity index (χ1v) is 7.81. The van der Waals surface area contributed by atoms with Crippen LogP contribution in [0.4, 0.5) is 4.79 Å². The summed E-state index contributed by atoms with van der Waals surface area (Å²) in [5.74, 6) is 1.42.